The molecule has 2 N–H and O–H groups in total. The van der Waals surface area contributed by atoms with Gasteiger partial charge in [0.2, 0.25) is 11.8 Å². The number of fused-ring (bicyclic) bond motifs is 4. The molecular weight excluding hydrogens is 642 g/mol. The van der Waals surface area contributed by atoms with Gasteiger partial charge in [0.25, 0.3) is 11.8 Å². The van der Waals surface area contributed by atoms with Crippen LogP contribution in [0.2, 0.25) is 0 Å². The summed E-state index contributed by atoms with van der Waals surface area (Å²) in [6, 6.07) is 30.8. The summed E-state index contributed by atoms with van der Waals surface area (Å²) >= 11 is 0. The molecule has 2 heterocycles. The number of phenolic OH excluding ortho intramolecular Hbond substituents is 1. The van der Waals surface area contributed by atoms with Crippen molar-refractivity contribution in [2.45, 2.75) is 25.2 Å². The first-order chi connectivity index (χ1) is 24.7. The molecule has 4 amide bonds. The van der Waals surface area contributed by atoms with Crippen LogP contribution >= 0.6 is 0 Å². The predicted molar refractivity (Wildman–Crippen MR) is 192 cm³/mol. The van der Waals surface area contributed by atoms with Crippen molar-refractivity contribution in [3.63, 3.8) is 0 Å². The van der Waals surface area contributed by atoms with E-state index in [1.54, 1.807) is 42.5 Å². The quantitative estimate of drug-likeness (QED) is 0.171. The van der Waals surface area contributed by atoms with Crippen LogP contribution in [-0.2, 0) is 24.6 Å². The summed E-state index contributed by atoms with van der Waals surface area (Å²) in [4.78, 5) is 59.5. The average Bonchev–Trinajstić information content (AvgIpc) is 3.54. The van der Waals surface area contributed by atoms with Crippen LogP contribution in [0.5, 0.6) is 11.5 Å². The van der Waals surface area contributed by atoms with Gasteiger partial charge < -0.3 is 9.84 Å². The molecule has 2 saturated heterocycles. The van der Waals surface area contributed by atoms with Crippen LogP contribution < -0.4 is 15.1 Å². The molecular formula is C42H37N3O6. The number of nitrogens with zero attached hydrogens (tertiary/aromatic N) is 2. The third-order valence-corrected chi connectivity index (χ3v) is 11.2. The highest BCUT2D eigenvalue weighted by molar-refractivity contribution is 6.22. The van der Waals surface area contributed by atoms with Gasteiger partial charge in [-0.05, 0) is 73.2 Å². The Morgan fingerprint density at radius 3 is 2.25 bits per heavy atom. The summed E-state index contributed by atoms with van der Waals surface area (Å²) in [5.41, 5.74) is 6.21. The van der Waals surface area contributed by atoms with Crippen molar-refractivity contribution in [3.05, 3.63) is 138 Å². The molecule has 9 heteroatoms. The molecule has 51 heavy (non-hydrogen) atoms. The molecule has 0 aromatic heterocycles. The summed E-state index contributed by atoms with van der Waals surface area (Å²) in [5, 5.41) is 11.4. The fraction of sp³-hybridized carbons (Fsp3) is 0.238. The Labute approximate surface area is 295 Å². The van der Waals surface area contributed by atoms with Crippen molar-refractivity contribution in [1.29, 1.82) is 0 Å². The van der Waals surface area contributed by atoms with E-state index in [0.29, 0.717) is 29.1 Å². The number of hydrogen-bond donors (Lipinski definition) is 2. The van der Waals surface area contributed by atoms with Gasteiger partial charge >= 0.3 is 0 Å². The van der Waals surface area contributed by atoms with E-state index in [-0.39, 0.29) is 35.8 Å². The number of carbonyl (C=O) groups is 4. The summed E-state index contributed by atoms with van der Waals surface area (Å²) in [6.07, 6.45) is 6.41. The van der Waals surface area contributed by atoms with Crippen molar-refractivity contribution >= 4 is 41.1 Å². The van der Waals surface area contributed by atoms with Gasteiger partial charge in [-0.2, -0.15) is 5.01 Å². The third-order valence-electron chi connectivity index (χ3n) is 11.2. The number of aromatic hydroxyl groups is 1. The highest BCUT2D eigenvalue weighted by atomic mass is 16.5. The fourth-order valence-corrected chi connectivity index (χ4v) is 8.83. The Hall–Kier alpha value is -5.96. The summed E-state index contributed by atoms with van der Waals surface area (Å²) in [6.45, 7) is 1.96. The molecule has 3 fully saturated rings. The Morgan fingerprint density at radius 2 is 1.55 bits per heavy atom. The highest BCUT2D eigenvalue weighted by Crippen LogP contribution is 2.61. The van der Waals surface area contributed by atoms with Crippen molar-refractivity contribution in [2.24, 2.45) is 29.6 Å². The normalized spacial score (nSPS) is 26.9. The van der Waals surface area contributed by atoms with Gasteiger partial charge in [-0.25, -0.2) is 0 Å². The van der Waals surface area contributed by atoms with Gasteiger partial charge in [0, 0.05) is 5.92 Å². The zero-order chi connectivity index (χ0) is 35.4. The number of para-hydroxylation sites is 1. The second-order valence-electron chi connectivity index (χ2n) is 13.8. The topological polar surface area (TPSA) is 116 Å². The molecule has 0 radical (unpaired) electrons. The van der Waals surface area contributed by atoms with Crippen LogP contribution in [0, 0.1) is 36.5 Å². The van der Waals surface area contributed by atoms with E-state index < -0.39 is 35.0 Å². The maximum Gasteiger partial charge on any atom is 0.260 e. The zero-order valence-electron chi connectivity index (χ0n) is 28.2. The number of rotatable bonds is 7. The van der Waals surface area contributed by atoms with Crippen LogP contribution in [0.15, 0.2) is 121 Å². The smallest absolute Gasteiger partial charge is 0.260 e. The summed E-state index contributed by atoms with van der Waals surface area (Å²) in [5.74, 6) is -4.22. The number of nitrogens with one attached hydrogen (secondary N) is 1. The molecule has 8 rings (SSSR count). The van der Waals surface area contributed by atoms with Gasteiger partial charge in [-0.15, -0.1) is 0 Å². The van der Waals surface area contributed by atoms with E-state index in [1.165, 1.54) is 12.0 Å². The lowest BCUT2D eigenvalue weighted by molar-refractivity contribution is -0.139. The molecule has 2 aliphatic carbocycles. The van der Waals surface area contributed by atoms with Crippen molar-refractivity contribution < 1.29 is 29.0 Å². The van der Waals surface area contributed by atoms with Crippen LogP contribution in [0.1, 0.15) is 29.5 Å². The Kier molecular flexibility index (Phi) is 7.86. The number of phenols is 1. The molecule has 0 bridgehead atoms. The van der Waals surface area contributed by atoms with Crippen LogP contribution in [0.3, 0.4) is 0 Å². The molecule has 4 aromatic rings. The Balaban J connectivity index is 1.29. The van der Waals surface area contributed by atoms with Crippen molar-refractivity contribution in [2.75, 3.05) is 17.4 Å². The molecule has 256 valence electrons. The van der Waals surface area contributed by atoms with Crippen LogP contribution in [0.4, 0.5) is 11.4 Å². The van der Waals surface area contributed by atoms with E-state index in [1.807, 2.05) is 85.8 Å². The molecule has 6 unspecified atom stereocenters. The highest BCUT2D eigenvalue weighted by Gasteiger charge is 2.69. The standard InChI is InChI=1S/C42H37N3O6/c1-25-13-17-28(18-14-25)43-45-39(48)34-24-32-30(19-20-31-37(32)40(49)44(38(31)47)29-11-7-4-8-12-29)33(21-15-26-16-22-35(46)36(23-26)51-2)42(34,41(45)50)27-9-5-3-6-10-27/h3-19,21-23,31-34,37,43,46H,20,24H2,1-2H3. The average molecular weight is 680 g/mol. The number of aryl methyl sites for hydroxylation is 1. The number of allylic oxidation sites excluding steroid dienone is 3. The van der Waals surface area contributed by atoms with Gasteiger partial charge in [0.15, 0.2) is 11.5 Å². The summed E-state index contributed by atoms with van der Waals surface area (Å²) in [7, 11) is 1.48. The van der Waals surface area contributed by atoms with Gasteiger partial charge in [-0.1, -0.05) is 96.1 Å². The molecule has 1 saturated carbocycles. The van der Waals surface area contributed by atoms with Crippen LogP contribution in [-0.4, -0.2) is 40.9 Å². The van der Waals surface area contributed by atoms with Gasteiger partial charge in [-0.3, -0.25) is 29.5 Å². The number of ether oxygens (including phenoxy) is 1. The number of imide groups is 2. The minimum Gasteiger partial charge on any atom is -0.504 e. The predicted octanol–water partition coefficient (Wildman–Crippen LogP) is 6.44. The Morgan fingerprint density at radius 1 is 0.843 bits per heavy atom. The SMILES string of the molecule is COc1cc(C=CC2C3=CCC4C(=O)N(c5ccccc5)C(=O)C4C3CC3C(=O)N(Nc4ccc(C)cc4)C(=O)C23c2ccccc2)ccc1O. The second kappa shape index (κ2) is 12.4. The van der Waals surface area contributed by atoms with Gasteiger partial charge in [0.05, 0.1) is 41.7 Å². The van der Waals surface area contributed by atoms with Crippen molar-refractivity contribution in [1.82, 2.24) is 5.01 Å². The largest absolute Gasteiger partial charge is 0.504 e. The number of amides is 4. The molecule has 4 aliphatic rings. The number of carbonyl (C=O) groups excluding carboxylic acids is 4. The maximum atomic E-state index is 15.2. The first-order valence-electron chi connectivity index (χ1n) is 17.2. The monoisotopic (exact) mass is 679 g/mol. The zero-order valence-corrected chi connectivity index (χ0v) is 28.2. The molecule has 0 spiro atoms. The molecule has 9 nitrogen and oxygen atoms in total. The minimum atomic E-state index is -1.35. The molecule has 2 aliphatic heterocycles. The fourth-order valence-electron chi connectivity index (χ4n) is 8.83. The van der Waals surface area contributed by atoms with Crippen LogP contribution in [0.25, 0.3) is 6.08 Å². The van der Waals surface area contributed by atoms with E-state index in [4.69, 9.17) is 4.74 Å². The lowest BCUT2D eigenvalue weighted by Gasteiger charge is -2.49. The van der Waals surface area contributed by atoms with Gasteiger partial charge in [0.1, 0.15) is 0 Å². The minimum absolute atomic E-state index is 0.00370. The summed E-state index contributed by atoms with van der Waals surface area (Å²) < 4.78 is 5.36. The third kappa shape index (κ3) is 4.98. The van der Waals surface area contributed by atoms with Crippen molar-refractivity contribution in [3.8, 4) is 11.5 Å². The number of hydrazine groups is 1. The lowest BCUT2D eigenvalue weighted by Crippen LogP contribution is -2.54. The number of hydrogen-bond acceptors (Lipinski definition) is 7. The first-order valence-corrected chi connectivity index (χ1v) is 17.2. The molecule has 6 atom stereocenters. The number of benzene rings is 4. The number of anilines is 2. The number of methoxy groups -OCH3 is 1. The Bertz CT molecular complexity index is 2110. The lowest BCUT2D eigenvalue weighted by atomic mass is 9.50. The van der Waals surface area contributed by atoms with E-state index >= 15 is 4.79 Å². The van der Waals surface area contributed by atoms with E-state index in [2.05, 4.69) is 5.43 Å². The first kappa shape index (κ1) is 32.3. The maximum absolute atomic E-state index is 15.2. The second-order valence-corrected chi connectivity index (χ2v) is 13.8. The van der Waals surface area contributed by atoms with E-state index in [0.717, 1.165) is 21.7 Å². The molecule has 4 aromatic carbocycles. The van der Waals surface area contributed by atoms with E-state index in [9.17, 15) is 19.5 Å².